The first-order valence-electron chi connectivity index (χ1n) is 7.84. The third-order valence-corrected chi connectivity index (χ3v) is 4.25. The molecule has 1 atom stereocenters. The largest absolute Gasteiger partial charge is 0.335 e. The average molecular weight is 361 g/mol. The van der Waals surface area contributed by atoms with Gasteiger partial charge in [-0.1, -0.05) is 23.7 Å². The molecule has 0 radical (unpaired) electrons. The second kappa shape index (κ2) is 6.68. The lowest BCUT2D eigenvalue weighted by Crippen LogP contribution is -2.35. The molecule has 25 heavy (non-hydrogen) atoms. The molecular formula is C17H17ClN4O3. The highest BCUT2D eigenvalue weighted by Crippen LogP contribution is 2.19. The van der Waals surface area contributed by atoms with Gasteiger partial charge in [0.1, 0.15) is 17.3 Å². The van der Waals surface area contributed by atoms with Gasteiger partial charge < -0.3 is 9.84 Å². The molecule has 2 aromatic heterocycles. The summed E-state index contributed by atoms with van der Waals surface area (Å²) in [6, 6.07) is 6.07. The zero-order chi connectivity index (χ0) is 18.1. The molecular weight excluding hydrogens is 344 g/mol. The molecule has 3 aromatic rings. The van der Waals surface area contributed by atoms with E-state index in [0.717, 1.165) is 0 Å². The quantitative estimate of drug-likeness (QED) is 0.771. The molecule has 0 aliphatic carbocycles. The predicted molar refractivity (Wildman–Crippen MR) is 94.9 cm³/mol. The first-order chi connectivity index (χ1) is 11.9. The molecule has 0 fully saturated rings. The highest BCUT2D eigenvalue weighted by Gasteiger charge is 2.25. The molecule has 0 unspecified atom stereocenters. The highest BCUT2D eigenvalue weighted by atomic mass is 35.5. The summed E-state index contributed by atoms with van der Waals surface area (Å²) < 4.78 is 6.45. The number of nitrogens with zero attached hydrogens (tertiary/aromatic N) is 3. The Bertz CT molecular complexity index is 992. The van der Waals surface area contributed by atoms with Crippen molar-refractivity contribution < 1.29 is 9.32 Å². The summed E-state index contributed by atoms with van der Waals surface area (Å²) in [5.74, 6) is 0.0945. The van der Waals surface area contributed by atoms with Crippen LogP contribution in [0.3, 0.4) is 0 Å². The standard InChI is InChI=1S/C17H17ClN4O3/c1-4-13(15(23)20-12-7-5-11(18)6-8-12)22-10(3)19-16-14(17(22)24)9(2)21-25-16/h5-8,13H,4H2,1-3H3,(H,20,23)/t13-/m1/s1. The van der Waals surface area contributed by atoms with E-state index in [2.05, 4.69) is 15.5 Å². The number of halogens is 1. The molecule has 0 saturated heterocycles. The Morgan fingerprint density at radius 2 is 2.00 bits per heavy atom. The maximum atomic E-state index is 12.9. The Hall–Kier alpha value is -2.67. The summed E-state index contributed by atoms with van der Waals surface area (Å²) >= 11 is 5.85. The number of aryl methyl sites for hydroxylation is 2. The number of anilines is 1. The second-order valence-corrected chi connectivity index (χ2v) is 6.14. The first-order valence-corrected chi connectivity index (χ1v) is 8.21. The smallest absolute Gasteiger partial charge is 0.267 e. The van der Waals surface area contributed by atoms with E-state index in [1.54, 1.807) is 38.1 Å². The van der Waals surface area contributed by atoms with Gasteiger partial charge in [0.2, 0.25) is 5.91 Å². The fourth-order valence-corrected chi connectivity index (χ4v) is 2.89. The summed E-state index contributed by atoms with van der Waals surface area (Å²) in [4.78, 5) is 29.8. The molecule has 130 valence electrons. The van der Waals surface area contributed by atoms with Gasteiger partial charge in [0.05, 0.1) is 5.69 Å². The number of carbonyl (C=O) groups excluding carboxylic acids is 1. The van der Waals surface area contributed by atoms with E-state index >= 15 is 0 Å². The van der Waals surface area contributed by atoms with Crippen molar-refractivity contribution in [3.8, 4) is 0 Å². The maximum absolute atomic E-state index is 12.9. The first kappa shape index (κ1) is 17.2. The Balaban J connectivity index is 2.01. The number of benzene rings is 1. The van der Waals surface area contributed by atoms with Crippen LogP contribution in [-0.4, -0.2) is 20.6 Å². The van der Waals surface area contributed by atoms with E-state index in [0.29, 0.717) is 34.0 Å². The normalized spacial score (nSPS) is 12.3. The van der Waals surface area contributed by atoms with Crippen molar-refractivity contribution in [1.82, 2.24) is 14.7 Å². The van der Waals surface area contributed by atoms with Gasteiger partial charge in [-0.05, 0) is 44.5 Å². The van der Waals surface area contributed by atoms with Crippen LogP contribution < -0.4 is 10.9 Å². The predicted octanol–water partition coefficient (Wildman–Crippen LogP) is 3.24. The minimum atomic E-state index is -0.700. The molecule has 1 amide bonds. The molecule has 0 bridgehead atoms. The van der Waals surface area contributed by atoms with Crippen LogP contribution in [0.2, 0.25) is 5.02 Å². The Morgan fingerprint density at radius 3 is 2.64 bits per heavy atom. The van der Waals surface area contributed by atoms with Gasteiger partial charge in [-0.15, -0.1) is 0 Å². The summed E-state index contributed by atoms with van der Waals surface area (Å²) in [6.07, 6.45) is 0.428. The minimum Gasteiger partial charge on any atom is -0.335 e. The van der Waals surface area contributed by atoms with Crippen molar-refractivity contribution in [2.24, 2.45) is 0 Å². The number of carbonyl (C=O) groups is 1. The van der Waals surface area contributed by atoms with Gasteiger partial charge >= 0.3 is 0 Å². The number of hydrogen-bond acceptors (Lipinski definition) is 5. The summed E-state index contributed by atoms with van der Waals surface area (Å²) in [6.45, 7) is 5.17. The van der Waals surface area contributed by atoms with E-state index in [4.69, 9.17) is 16.1 Å². The van der Waals surface area contributed by atoms with E-state index in [1.165, 1.54) is 4.57 Å². The number of rotatable bonds is 4. The Kier molecular flexibility index (Phi) is 4.59. The van der Waals surface area contributed by atoms with Gasteiger partial charge in [0, 0.05) is 10.7 Å². The van der Waals surface area contributed by atoms with E-state index < -0.39 is 6.04 Å². The summed E-state index contributed by atoms with van der Waals surface area (Å²) in [7, 11) is 0. The van der Waals surface area contributed by atoms with Crippen LogP contribution in [0.25, 0.3) is 11.1 Å². The lowest BCUT2D eigenvalue weighted by atomic mass is 10.1. The third-order valence-electron chi connectivity index (χ3n) is 4.00. The average Bonchev–Trinajstić information content (AvgIpc) is 2.94. The van der Waals surface area contributed by atoms with E-state index in [-0.39, 0.29) is 17.2 Å². The van der Waals surface area contributed by atoms with Crippen molar-refractivity contribution in [3.05, 3.63) is 51.2 Å². The molecule has 1 aromatic carbocycles. The molecule has 1 N–H and O–H groups in total. The number of hydrogen-bond donors (Lipinski definition) is 1. The van der Waals surface area contributed by atoms with Crippen LogP contribution in [0.5, 0.6) is 0 Å². The van der Waals surface area contributed by atoms with Crippen molar-refractivity contribution >= 4 is 34.3 Å². The fraction of sp³-hybridized carbons (Fsp3) is 0.294. The van der Waals surface area contributed by atoms with Crippen LogP contribution >= 0.6 is 11.6 Å². The highest BCUT2D eigenvalue weighted by molar-refractivity contribution is 6.30. The lowest BCUT2D eigenvalue weighted by Gasteiger charge is -2.19. The van der Waals surface area contributed by atoms with Crippen molar-refractivity contribution in [1.29, 1.82) is 0 Å². The fourth-order valence-electron chi connectivity index (χ4n) is 2.76. The number of amides is 1. The van der Waals surface area contributed by atoms with Gasteiger partial charge in [0.25, 0.3) is 11.3 Å². The summed E-state index contributed by atoms with van der Waals surface area (Å²) in [5.41, 5.74) is 0.909. The van der Waals surface area contributed by atoms with Crippen molar-refractivity contribution in [3.63, 3.8) is 0 Å². The van der Waals surface area contributed by atoms with E-state index in [1.807, 2.05) is 6.92 Å². The topological polar surface area (TPSA) is 90.0 Å². The summed E-state index contributed by atoms with van der Waals surface area (Å²) in [5, 5.41) is 7.46. The molecule has 0 aliphatic rings. The zero-order valence-electron chi connectivity index (χ0n) is 14.0. The van der Waals surface area contributed by atoms with Crippen molar-refractivity contribution in [2.45, 2.75) is 33.2 Å². The van der Waals surface area contributed by atoms with Crippen LogP contribution in [-0.2, 0) is 4.79 Å². The number of nitrogens with one attached hydrogen (secondary N) is 1. The molecule has 2 heterocycles. The molecule has 0 saturated carbocycles. The Morgan fingerprint density at radius 1 is 1.32 bits per heavy atom. The lowest BCUT2D eigenvalue weighted by molar-refractivity contribution is -0.119. The molecule has 3 rings (SSSR count). The van der Waals surface area contributed by atoms with Crippen LogP contribution in [0.15, 0.2) is 33.6 Å². The van der Waals surface area contributed by atoms with Gasteiger partial charge in [-0.25, -0.2) is 0 Å². The van der Waals surface area contributed by atoms with Gasteiger partial charge in [-0.3, -0.25) is 14.2 Å². The van der Waals surface area contributed by atoms with Gasteiger partial charge in [0.15, 0.2) is 0 Å². The zero-order valence-corrected chi connectivity index (χ0v) is 14.8. The minimum absolute atomic E-state index is 0.184. The maximum Gasteiger partial charge on any atom is 0.267 e. The molecule has 8 heteroatoms. The monoisotopic (exact) mass is 360 g/mol. The number of aromatic nitrogens is 3. The SMILES string of the molecule is CC[C@H](C(=O)Nc1ccc(Cl)cc1)n1c(C)nc2onc(C)c2c1=O. The van der Waals surface area contributed by atoms with Crippen LogP contribution in [0.1, 0.15) is 30.9 Å². The van der Waals surface area contributed by atoms with Crippen LogP contribution in [0, 0.1) is 13.8 Å². The molecule has 7 nitrogen and oxygen atoms in total. The number of fused-ring (bicyclic) bond motifs is 1. The van der Waals surface area contributed by atoms with E-state index in [9.17, 15) is 9.59 Å². The third kappa shape index (κ3) is 3.15. The Labute approximate surface area is 148 Å². The van der Waals surface area contributed by atoms with Gasteiger partial charge in [-0.2, -0.15) is 4.98 Å². The molecule has 0 aliphatic heterocycles. The molecule has 0 spiro atoms. The second-order valence-electron chi connectivity index (χ2n) is 5.70. The van der Waals surface area contributed by atoms with Crippen LogP contribution in [0.4, 0.5) is 5.69 Å². The van der Waals surface area contributed by atoms with Crippen molar-refractivity contribution in [2.75, 3.05) is 5.32 Å².